The first-order chi connectivity index (χ1) is 11.6. The number of hydrogen-bond donors (Lipinski definition) is 0. The van der Waals surface area contributed by atoms with Crippen LogP contribution in [0.15, 0.2) is 42.5 Å². The molecule has 0 saturated carbocycles. The normalized spacial score (nSPS) is 14.7. The van der Waals surface area contributed by atoms with Crippen molar-refractivity contribution in [1.82, 2.24) is 0 Å². The van der Waals surface area contributed by atoms with E-state index in [1.807, 2.05) is 24.3 Å². The molecule has 3 nitrogen and oxygen atoms in total. The predicted octanol–water partition coefficient (Wildman–Crippen LogP) is 3.62. The molecule has 0 aliphatic carbocycles. The Morgan fingerprint density at radius 1 is 1.00 bits per heavy atom. The van der Waals surface area contributed by atoms with Gasteiger partial charge in [-0.3, -0.25) is 4.79 Å². The molecule has 1 heterocycles. The summed E-state index contributed by atoms with van der Waals surface area (Å²) in [6.45, 7) is 3.14. The average Bonchev–Trinajstić information content (AvgIpc) is 2.63. The number of Topliss-reactive ketones (excluding diaryl/α,β-unsaturated/α-hetero) is 1. The van der Waals surface area contributed by atoms with Gasteiger partial charge in [0, 0.05) is 30.8 Å². The summed E-state index contributed by atoms with van der Waals surface area (Å²) in [5.74, 6) is -1.76. The molecule has 0 atom stereocenters. The van der Waals surface area contributed by atoms with Gasteiger partial charge in [0.05, 0.1) is 13.2 Å². The second-order valence-corrected chi connectivity index (χ2v) is 5.82. The van der Waals surface area contributed by atoms with Crippen molar-refractivity contribution in [3.8, 4) is 0 Å². The highest BCUT2D eigenvalue weighted by molar-refractivity contribution is 5.96. The largest absolute Gasteiger partial charge is 0.378 e. The summed E-state index contributed by atoms with van der Waals surface area (Å²) in [6, 6.07) is 11.3. The molecule has 1 saturated heterocycles. The van der Waals surface area contributed by atoms with E-state index in [0.717, 1.165) is 44.1 Å². The first kappa shape index (κ1) is 16.6. The third-order valence-electron chi connectivity index (χ3n) is 4.19. The van der Waals surface area contributed by atoms with Crippen LogP contribution in [-0.2, 0) is 11.2 Å². The lowest BCUT2D eigenvalue weighted by molar-refractivity contribution is 0.0982. The third-order valence-corrected chi connectivity index (χ3v) is 4.19. The topological polar surface area (TPSA) is 29.5 Å². The minimum atomic E-state index is -0.880. The molecule has 3 rings (SSSR count). The third kappa shape index (κ3) is 3.97. The maximum Gasteiger partial charge on any atom is 0.163 e. The number of nitrogens with zero attached hydrogens (tertiary/aromatic N) is 1. The van der Waals surface area contributed by atoms with Gasteiger partial charge >= 0.3 is 0 Å². The zero-order chi connectivity index (χ0) is 16.9. The standard InChI is InChI=1S/C19H19F2NO2/c20-17-7-1-14(13-18(17)21)2-8-19(23)15-3-5-16(6-4-15)22-9-11-24-12-10-22/h1,3-7,13H,2,8-12H2. The van der Waals surface area contributed by atoms with Crippen molar-refractivity contribution in [3.05, 3.63) is 65.2 Å². The van der Waals surface area contributed by atoms with Gasteiger partial charge in [0.15, 0.2) is 17.4 Å². The van der Waals surface area contributed by atoms with Crippen LogP contribution >= 0.6 is 0 Å². The Morgan fingerprint density at radius 2 is 1.71 bits per heavy atom. The Labute approximate surface area is 139 Å². The number of halogens is 2. The summed E-state index contributed by atoms with van der Waals surface area (Å²) < 4.78 is 31.4. The van der Waals surface area contributed by atoms with Crippen LogP contribution in [0.2, 0.25) is 0 Å². The highest BCUT2D eigenvalue weighted by Crippen LogP contribution is 2.18. The molecule has 0 aromatic heterocycles. The van der Waals surface area contributed by atoms with Crippen molar-refractivity contribution in [2.45, 2.75) is 12.8 Å². The fourth-order valence-electron chi connectivity index (χ4n) is 2.78. The van der Waals surface area contributed by atoms with Gasteiger partial charge in [0.25, 0.3) is 0 Å². The SMILES string of the molecule is O=C(CCc1ccc(F)c(F)c1)c1ccc(N2CCOCC2)cc1. The van der Waals surface area contributed by atoms with E-state index in [0.29, 0.717) is 17.5 Å². The summed E-state index contributed by atoms with van der Waals surface area (Å²) >= 11 is 0. The maximum absolute atomic E-state index is 13.2. The lowest BCUT2D eigenvalue weighted by Crippen LogP contribution is -2.36. The number of morpholine rings is 1. The quantitative estimate of drug-likeness (QED) is 0.784. The number of ether oxygens (including phenoxy) is 1. The summed E-state index contributed by atoms with van der Waals surface area (Å²) in [4.78, 5) is 14.5. The Morgan fingerprint density at radius 3 is 2.38 bits per heavy atom. The van der Waals surface area contributed by atoms with Crippen molar-refractivity contribution >= 4 is 11.5 Å². The van der Waals surface area contributed by atoms with Gasteiger partial charge < -0.3 is 9.64 Å². The van der Waals surface area contributed by atoms with Crippen LogP contribution in [0, 0.1) is 11.6 Å². The molecule has 1 aliphatic rings. The van der Waals surface area contributed by atoms with Crippen molar-refractivity contribution in [2.75, 3.05) is 31.2 Å². The fraction of sp³-hybridized carbons (Fsp3) is 0.316. The molecule has 5 heteroatoms. The van der Waals surface area contributed by atoms with Crippen LogP contribution in [-0.4, -0.2) is 32.1 Å². The summed E-state index contributed by atoms with van der Waals surface area (Å²) in [7, 11) is 0. The van der Waals surface area contributed by atoms with E-state index < -0.39 is 11.6 Å². The van der Waals surface area contributed by atoms with Gasteiger partial charge in [-0.1, -0.05) is 6.07 Å². The Hall–Kier alpha value is -2.27. The first-order valence-electron chi connectivity index (χ1n) is 8.03. The number of carbonyl (C=O) groups is 1. The van der Waals surface area contributed by atoms with Crippen LogP contribution in [0.3, 0.4) is 0 Å². The van der Waals surface area contributed by atoms with Crippen molar-refractivity contribution in [2.24, 2.45) is 0 Å². The van der Waals surface area contributed by atoms with Gasteiger partial charge in [0.1, 0.15) is 0 Å². The van der Waals surface area contributed by atoms with E-state index in [1.165, 1.54) is 6.07 Å². The Kier molecular flexibility index (Phi) is 5.20. The molecule has 2 aromatic carbocycles. The number of aryl methyl sites for hydroxylation is 1. The smallest absolute Gasteiger partial charge is 0.163 e. The molecule has 126 valence electrons. The molecular formula is C19H19F2NO2. The number of rotatable bonds is 5. The predicted molar refractivity (Wildman–Crippen MR) is 88.5 cm³/mol. The minimum absolute atomic E-state index is 0.00624. The van der Waals surface area contributed by atoms with Crippen molar-refractivity contribution in [1.29, 1.82) is 0 Å². The van der Waals surface area contributed by atoms with Crippen LogP contribution < -0.4 is 4.90 Å². The monoisotopic (exact) mass is 331 g/mol. The van der Waals surface area contributed by atoms with Crippen LogP contribution in [0.4, 0.5) is 14.5 Å². The molecule has 0 N–H and O–H groups in total. The van der Waals surface area contributed by atoms with E-state index >= 15 is 0 Å². The van der Waals surface area contributed by atoms with Gasteiger partial charge in [-0.15, -0.1) is 0 Å². The second-order valence-electron chi connectivity index (χ2n) is 5.82. The van der Waals surface area contributed by atoms with Crippen LogP contribution in [0.25, 0.3) is 0 Å². The zero-order valence-corrected chi connectivity index (χ0v) is 13.3. The molecule has 24 heavy (non-hydrogen) atoms. The molecule has 2 aromatic rings. The fourth-order valence-corrected chi connectivity index (χ4v) is 2.78. The Balaban J connectivity index is 1.59. The van der Waals surface area contributed by atoms with Crippen LogP contribution in [0.5, 0.6) is 0 Å². The molecule has 1 aliphatic heterocycles. The van der Waals surface area contributed by atoms with Crippen molar-refractivity contribution in [3.63, 3.8) is 0 Å². The van der Waals surface area contributed by atoms with E-state index in [4.69, 9.17) is 4.74 Å². The van der Waals surface area contributed by atoms with E-state index in [9.17, 15) is 13.6 Å². The number of anilines is 1. The minimum Gasteiger partial charge on any atom is -0.378 e. The van der Waals surface area contributed by atoms with Gasteiger partial charge in [0.2, 0.25) is 0 Å². The molecule has 1 fully saturated rings. The van der Waals surface area contributed by atoms with Gasteiger partial charge in [-0.2, -0.15) is 0 Å². The van der Waals surface area contributed by atoms with E-state index in [-0.39, 0.29) is 12.2 Å². The summed E-state index contributed by atoms with van der Waals surface area (Å²) in [5, 5.41) is 0. The van der Waals surface area contributed by atoms with Crippen molar-refractivity contribution < 1.29 is 18.3 Å². The maximum atomic E-state index is 13.2. The van der Waals surface area contributed by atoms with Crippen LogP contribution in [0.1, 0.15) is 22.3 Å². The highest BCUT2D eigenvalue weighted by atomic mass is 19.2. The molecule has 0 bridgehead atoms. The first-order valence-corrected chi connectivity index (χ1v) is 8.03. The number of hydrogen-bond acceptors (Lipinski definition) is 3. The lowest BCUT2D eigenvalue weighted by atomic mass is 10.0. The number of benzene rings is 2. The molecule has 0 amide bonds. The average molecular weight is 331 g/mol. The number of carbonyl (C=O) groups excluding carboxylic acids is 1. The molecule has 0 spiro atoms. The number of ketones is 1. The molecule has 0 radical (unpaired) electrons. The molecular weight excluding hydrogens is 312 g/mol. The lowest BCUT2D eigenvalue weighted by Gasteiger charge is -2.28. The Bertz CT molecular complexity index is 710. The second kappa shape index (κ2) is 7.53. The molecule has 0 unspecified atom stereocenters. The zero-order valence-electron chi connectivity index (χ0n) is 13.3. The van der Waals surface area contributed by atoms with E-state index in [2.05, 4.69) is 4.90 Å². The summed E-state index contributed by atoms with van der Waals surface area (Å²) in [6.07, 6.45) is 0.656. The van der Waals surface area contributed by atoms with Gasteiger partial charge in [-0.25, -0.2) is 8.78 Å². The van der Waals surface area contributed by atoms with E-state index in [1.54, 1.807) is 0 Å². The van der Waals surface area contributed by atoms with Gasteiger partial charge in [-0.05, 0) is 48.4 Å². The summed E-state index contributed by atoms with van der Waals surface area (Å²) in [5.41, 5.74) is 2.33. The highest BCUT2D eigenvalue weighted by Gasteiger charge is 2.12.